The van der Waals surface area contributed by atoms with Crippen molar-refractivity contribution in [1.29, 1.82) is 0 Å². The summed E-state index contributed by atoms with van der Waals surface area (Å²) in [6.07, 6.45) is 11.4. The Labute approximate surface area is 189 Å². The van der Waals surface area contributed by atoms with Crippen LogP contribution in [0.5, 0.6) is 0 Å². The molecule has 4 unspecified atom stereocenters. The number of nitrogens with one attached hydrogen (secondary N) is 2. The number of aliphatic imine (C=N–C) groups is 2. The van der Waals surface area contributed by atoms with Crippen molar-refractivity contribution < 1.29 is 0 Å². The second kappa shape index (κ2) is 9.38. The average molecular weight is 431 g/mol. The first-order chi connectivity index (χ1) is 14.8. The van der Waals surface area contributed by atoms with Crippen LogP contribution in [-0.4, -0.2) is 47.9 Å². The Bertz CT molecular complexity index is 679. The molecule has 0 radical (unpaired) electrons. The van der Waals surface area contributed by atoms with E-state index in [1.165, 1.54) is 43.8 Å². The summed E-state index contributed by atoms with van der Waals surface area (Å²) >= 11 is 0. The maximum Gasteiger partial charge on any atom is 0.103 e. The number of hydrogen-bond acceptors (Lipinski definition) is 6. The Morgan fingerprint density at radius 2 is 1.81 bits per heavy atom. The predicted octanol–water partition coefficient (Wildman–Crippen LogP) is 3.35. The summed E-state index contributed by atoms with van der Waals surface area (Å²) in [5.74, 6) is 3.79. The van der Waals surface area contributed by atoms with Crippen LogP contribution < -0.4 is 22.1 Å². The van der Waals surface area contributed by atoms with Crippen molar-refractivity contribution >= 4 is 11.7 Å². The van der Waals surface area contributed by atoms with E-state index in [-0.39, 0.29) is 11.5 Å². The lowest BCUT2D eigenvalue weighted by molar-refractivity contribution is 0.272. The molecule has 7 atom stereocenters. The zero-order valence-electron chi connectivity index (χ0n) is 20.2. The third kappa shape index (κ3) is 5.11. The van der Waals surface area contributed by atoms with Crippen LogP contribution in [0.1, 0.15) is 91.9 Å². The molecule has 4 rings (SSSR count). The summed E-state index contributed by atoms with van der Waals surface area (Å²) in [5, 5.41) is 7.59. The van der Waals surface area contributed by atoms with Crippen molar-refractivity contribution in [3.05, 3.63) is 0 Å². The first-order valence-electron chi connectivity index (χ1n) is 13.0. The quantitative estimate of drug-likeness (QED) is 0.537. The molecular weight excluding hydrogens is 384 g/mol. The zero-order chi connectivity index (χ0) is 22.2. The lowest BCUT2D eigenvalue weighted by Gasteiger charge is -2.38. The summed E-state index contributed by atoms with van der Waals surface area (Å²) < 4.78 is 0. The fourth-order valence-corrected chi connectivity index (χ4v) is 6.30. The van der Waals surface area contributed by atoms with Gasteiger partial charge in [-0.05, 0) is 77.0 Å². The van der Waals surface area contributed by atoms with Crippen LogP contribution in [0.15, 0.2) is 9.98 Å². The summed E-state index contributed by atoms with van der Waals surface area (Å²) in [6, 6.07) is 2.28. The van der Waals surface area contributed by atoms with E-state index in [4.69, 9.17) is 21.5 Å². The highest BCUT2D eigenvalue weighted by atomic mass is 15.2. The van der Waals surface area contributed by atoms with Crippen molar-refractivity contribution in [3.63, 3.8) is 0 Å². The summed E-state index contributed by atoms with van der Waals surface area (Å²) in [7, 11) is 0. The van der Waals surface area contributed by atoms with Crippen molar-refractivity contribution in [2.24, 2.45) is 38.7 Å². The average Bonchev–Trinajstić information content (AvgIpc) is 3.29. The van der Waals surface area contributed by atoms with E-state index in [1.54, 1.807) is 0 Å². The minimum Gasteiger partial charge on any atom is -0.369 e. The molecule has 176 valence electrons. The van der Waals surface area contributed by atoms with Gasteiger partial charge < -0.3 is 22.1 Å². The van der Waals surface area contributed by atoms with Gasteiger partial charge in [0.05, 0.1) is 12.1 Å². The minimum atomic E-state index is 0.165. The molecule has 6 N–H and O–H groups in total. The van der Waals surface area contributed by atoms with Gasteiger partial charge in [-0.2, -0.15) is 0 Å². The lowest BCUT2D eigenvalue weighted by atomic mass is 9.70. The van der Waals surface area contributed by atoms with Gasteiger partial charge in [-0.25, -0.2) is 0 Å². The normalized spacial score (nSPS) is 44.3. The van der Waals surface area contributed by atoms with Gasteiger partial charge in [0.15, 0.2) is 0 Å². The highest BCUT2D eigenvalue weighted by Gasteiger charge is 2.43. The van der Waals surface area contributed by atoms with E-state index in [2.05, 4.69) is 38.3 Å². The van der Waals surface area contributed by atoms with Crippen molar-refractivity contribution in [2.75, 3.05) is 0 Å². The standard InChI is InChI=1S/C25H46N6/c1-5-18(26)14-21-16(3)28-24(31-21)25(4)10-8-17(9-11-25)23-29-20-7-6-19(27)12-15(2)13-22(20)30-23/h15-22H,5-14,26-27H2,1-4H3,(H,28,31)(H,29,30)/t15?,16?,17?,18-,19?,20?,21-,22+,25?/m1/s1. The molecule has 2 saturated carbocycles. The van der Waals surface area contributed by atoms with Gasteiger partial charge in [-0.15, -0.1) is 0 Å². The number of fused-ring (bicyclic) bond motifs is 1. The van der Waals surface area contributed by atoms with Crippen LogP contribution in [0.2, 0.25) is 0 Å². The third-order valence-corrected chi connectivity index (χ3v) is 8.65. The summed E-state index contributed by atoms with van der Waals surface area (Å²) in [6.45, 7) is 9.19. The first-order valence-corrected chi connectivity index (χ1v) is 13.0. The predicted molar refractivity (Wildman–Crippen MR) is 131 cm³/mol. The van der Waals surface area contributed by atoms with Crippen LogP contribution in [0.3, 0.4) is 0 Å². The number of nitrogens with two attached hydrogens (primary N) is 2. The zero-order valence-corrected chi connectivity index (χ0v) is 20.2. The maximum atomic E-state index is 6.31. The fraction of sp³-hybridized carbons (Fsp3) is 0.920. The van der Waals surface area contributed by atoms with Crippen molar-refractivity contribution in [1.82, 2.24) is 10.6 Å². The van der Waals surface area contributed by atoms with Gasteiger partial charge in [0.25, 0.3) is 0 Å². The third-order valence-electron chi connectivity index (χ3n) is 8.65. The largest absolute Gasteiger partial charge is 0.369 e. The molecule has 0 spiro atoms. The van der Waals surface area contributed by atoms with Gasteiger partial charge in [-0.1, -0.05) is 20.8 Å². The molecule has 2 fully saturated rings. The SMILES string of the molecule is CC[C@@H](N)C[C@H]1N=C(C2(C)CCC(C3=NC4CCC(N)CC(C)C[C@@H]4N3)CC2)NC1C. The second-order valence-electron chi connectivity index (χ2n) is 11.5. The number of hydrogen-bond donors (Lipinski definition) is 4. The lowest BCUT2D eigenvalue weighted by Crippen LogP contribution is -2.45. The number of amidine groups is 2. The highest BCUT2D eigenvalue weighted by Crippen LogP contribution is 2.42. The Morgan fingerprint density at radius 1 is 1.06 bits per heavy atom. The molecule has 0 aromatic rings. The molecule has 0 bridgehead atoms. The fourth-order valence-electron chi connectivity index (χ4n) is 6.30. The van der Waals surface area contributed by atoms with Gasteiger partial charge in [0, 0.05) is 35.5 Å². The molecule has 0 amide bonds. The molecule has 0 saturated heterocycles. The number of nitrogens with zero attached hydrogens (tertiary/aromatic N) is 2. The van der Waals surface area contributed by atoms with E-state index in [0.29, 0.717) is 42.0 Å². The van der Waals surface area contributed by atoms with Crippen LogP contribution in [0.4, 0.5) is 0 Å². The Hall–Kier alpha value is -1.14. The maximum absolute atomic E-state index is 6.31. The molecule has 0 aromatic heterocycles. The molecule has 6 nitrogen and oxygen atoms in total. The molecule has 6 heteroatoms. The molecule has 2 aliphatic carbocycles. The topological polar surface area (TPSA) is 101 Å². The van der Waals surface area contributed by atoms with Crippen molar-refractivity contribution in [3.8, 4) is 0 Å². The highest BCUT2D eigenvalue weighted by molar-refractivity contribution is 5.91. The Morgan fingerprint density at radius 3 is 2.52 bits per heavy atom. The Balaban J connectivity index is 1.36. The molecule has 2 heterocycles. The minimum absolute atomic E-state index is 0.165. The van der Waals surface area contributed by atoms with E-state index in [9.17, 15) is 0 Å². The van der Waals surface area contributed by atoms with Gasteiger partial charge in [-0.3, -0.25) is 9.98 Å². The van der Waals surface area contributed by atoms with Gasteiger partial charge in [0.2, 0.25) is 0 Å². The van der Waals surface area contributed by atoms with Crippen LogP contribution in [-0.2, 0) is 0 Å². The smallest absolute Gasteiger partial charge is 0.103 e. The van der Waals surface area contributed by atoms with E-state index < -0.39 is 0 Å². The van der Waals surface area contributed by atoms with Crippen LogP contribution >= 0.6 is 0 Å². The molecule has 4 aliphatic rings. The second-order valence-corrected chi connectivity index (χ2v) is 11.5. The molecular formula is C25H46N6. The molecule has 31 heavy (non-hydrogen) atoms. The number of rotatable bonds is 5. The molecule has 2 aliphatic heterocycles. The van der Waals surface area contributed by atoms with Crippen molar-refractivity contribution in [2.45, 2.75) is 128 Å². The summed E-state index contributed by atoms with van der Waals surface area (Å²) in [5.41, 5.74) is 12.7. The van der Waals surface area contributed by atoms with Gasteiger partial charge in [0.1, 0.15) is 11.7 Å². The van der Waals surface area contributed by atoms with Gasteiger partial charge >= 0.3 is 0 Å². The first kappa shape index (κ1) is 23.0. The summed E-state index contributed by atoms with van der Waals surface area (Å²) in [4.78, 5) is 10.3. The van der Waals surface area contributed by atoms with Crippen LogP contribution in [0, 0.1) is 17.3 Å². The molecule has 0 aromatic carbocycles. The van der Waals surface area contributed by atoms with E-state index in [1.807, 2.05) is 0 Å². The Kier molecular flexibility index (Phi) is 6.97. The van der Waals surface area contributed by atoms with E-state index in [0.717, 1.165) is 32.1 Å². The van der Waals surface area contributed by atoms with E-state index >= 15 is 0 Å². The van der Waals surface area contributed by atoms with Crippen LogP contribution in [0.25, 0.3) is 0 Å². The monoisotopic (exact) mass is 430 g/mol.